The summed E-state index contributed by atoms with van der Waals surface area (Å²) in [6, 6.07) is 10.0. The largest absolute Gasteiger partial charge is 0.493 e. The maximum Gasteiger partial charge on any atom is 0.339 e. The molecule has 2 rings (SSSR count). The molecule has 0 bridgehead atoms. The third-order valence-electron chi connectivity index (χ3n) is 2.88. The number of hydrogen-bond acceptors (Lipinski definition) is 6. The number of carbonyl (C=O) groups is 2. The van der Waals surface area contributed by atoms with Gasteiger partial charge in [-0.1, -0.05) is 12.1 Å². The second-order valence-corrected chi connectivity index (χ2v) is 4.41. The highest BCUT2D eigenvalue weighted by Gasteiger charge is 2.09. The molecule has 7 nitrogen and oxygen atoms in total. The smallest absolute Gasteiger partial charge is 0.339 e. The number of esters is 1. The van der Waals surface area contributed by atoms with Crippen LogP contribution in [0.2, 0.25) is 0 Å². The second kappa shape index (κ2) is 7.79. The van der Waals surface area contributed by atoms with Gasteiger partial charge in [0.15, 0.2) is 18.1 Å². The van der Waals surface area contributed by atoms with Gasteiger partial charge in [-0.25, -0.2) is 9.78 Å². The summed E-state index contributed by atoms with van der Waals surface area (Å²) in [5.74, 6) is 0.454. The van der Waals surface area contributed by atoms with E-state index < -0.39 is 5.97 Å². The molecule has 0 aliphatic carbocycles. The van der Waals surface area contributed by atoms with Gasteiger partial charge < -0.3 is 19.5 Å². The van der Waals surface area contributed by atoms with E-state index in [1.165, 1.54) is 32.5 Å². The first-order valence-electron chi connectivity index (χ1n) is 6.74. The number of carbonyl (C=O) groups excluding carboxylic acids is 2. The minimum absolute atomic E-state index is 0.194. The minimum atomic E-state index is -0.491. The average molecular weight is 316 g/mol. The van der Waals surface area contributed by atoms with E-state index in [9.17, 15) is 9.59 Å². The van der Waals surface area contributed by atoms with E-state index in [4.69, 9.17) is 9.47 Å². The fraction of sp³-hybridized carbons (Fsp3) is 0.188. The van der Waals surface area contributed by atoms with Crippen molar-refractivity contribution in [3.05, 3.63) is 48.2 Å². The van der Waals surface area contributed by atoms with Crippen LogP contribution in [-0.2, 0) is 9.53 Å². The summed E-state index contributed by atoms with van der Waals surface area (Å²) in [5.41, 5.74) is 0.302. The number of nitrogens with one attached hydrogen (secondary N) is 1. The molecule has 1 amide bonds. The van der Waals surface area contributed by atoms with Crippen molar-refractivity contribution in [2.45, 2.75) is 0 Å². The summed E-state index contributed by atoms with van der Waals surface area (Å²) in [4.78, 5) is 27.1. The maximum absolute atomic E-state index is 11.9. The Hall–Kier alpha value is -3.09. The van der Waals surface area contributed by atoms with E-state index in [0.717, 1.165) is 0 Å². The van der Waals surface area contributed by atoms with E-state index in [1.54, 1.807) is 24.3 Å². The van der Waals surface area contributed by atoms with Gasteiger partial charge in [-0.15, -0.1) is 0 Å². The molecule has 0 aliphatic heterocycles. The Balaban J connectivity index is 1.91. The number of ether oxygens (including phenoxy) is 3. The van der Waals surface area contributed by atoms with Crippen LogP contribution in [0.5, 0.6) is 11.5 Å². The maximum atomic E-state index is 11.9. The van der Waals surface area contributed by atoms with Gasteiger partial charge in [-0.2, -0.15) is 0 Å². The van der Waals surface area contributed by atoms with Crippen molar-refractivity contribution in [2.75, 3.05) is 26.1 Å². The van der Waals surface area contributed by atoms with Crippen LogP contribution in [0.25, 0.3) is 0 Å². The third kappa shape index (κ3) is 4.44. The lowest BCUT2D eigenvalue weighted by Crippen LogP contribution is -2.21. The SMILES string of the molecule is COC(=O)c1ccc(NC(=O)COc2ccccc2OC)nc1. The van der Waals surface area contributed by atoms with Gasteiger partial charge in [0, 0.05) is 6.20 Å². The number of anilines is 1. The molecule has 1 aromatic carbocycles. The molecule has 1 aromatic heterocycles. The van der Waals surface area contributed by atoms with Gasteiger partial charge in [0.05, 0.1) is 19.8 Å². The van der Waals surface area contributed by atoms with Crippen molar-refractivity contribution < 1.29 is 23.8 Å². The molecule has 0 unspecified atom stereocenters. The molecule has 0 saturated heterocycles. The van der Waals surface area contributed by atoms with E-state index in [-0.39, 0.29) is 12.5 Å². The molecule has 0 fully saturated rings. The van der Waals surface area contributed by atoms with Gasteiger partial charge in [0.2, 0.25) is 0 Å². The summed E-state index contributed by atoms with van der Waals surface area (Å²) >= 11 is 0. The topological polar surface area (TPSA) is 86.8 Å². The van der Waals surface area contributed by atoms with Gasteiger partial charge in [0.25, 0.3) is 5.91 Å². The first-order valence-corrected chi connectivity index (χ1v) is 6.74. The van der Waals surface area contributed by atoms with Crippen LogP contribution in [0, 0.1) is 0 Å². The summed E-state index contributed by atoms with van der Waals surface area (Å²) in [6.07, 6.45) is 1.32. The molecule has 0 aliphatic rings. The number of methoxy groups -OCH3 is 2. The second-order valence-electron chi connectivity index (χ2n) is 4.41. The van der Waals surface area contributed by atoms with Crippen LogP contribution in [0.4, 0.5) is 5.82 Å². The lowest BCUT2D eigenvalue weighted by molar-refractivity contribution is -0.118. The average Bonchev–Trinajstić information content (AvgIpc) is 2.60. The molecule has 7 heteroatoms. The van der Waals surface area contributed by atoms with E-state index in [0.29, 0.717) is 22.9 Å². The number of nitrogens with zero attached hydrogens (tertiary/aromatic N) is 1. The van der Waals surface area contributed by atoms with Crippen molar-refractivity contribution in [1.29, 1.82) is 0 Å². The molecule has 0 saturated carbocycles. The molecule has 1 heterocycles. The normalized spacial score (nSPS) is 9.83. The lowest BCUT2D eigenvalue weighted by Gasteiger charge is -2.10. The summed E-state index contributed by atoms with van der Waals surface area (Å²) in [5, 5.41) is 2.57. The number of para-hydroxylation sites is 2. The highest BCUT2D eigenvalue weighted by molar-refractivity contribution is 5.92. The molecule has 2 aromatic rings. The van der Waals surface area contributed by atoms with Gasteiger partial charge in [0.1, 0.15) is 5.82 Å². The Morgan fingerprint density at radius 1 is 1.09 bits per heavy atom. The van der Waals surface area contributed by atoms with Crippen LogP contribution >= 0.6 is 0 Å². The minimum Gasteiger partial charge on any atom is -0.493 e. The molecule has 0 radical (unpaired) electrons. The van der Waals surface area contributed by atoms with Crippen LogP contribution in [-0.4, -0.2) is 37.7 Å². The number of amides is 1. The zero-order valence-electron chi connectivity index (χ0n) is 12.7. The predicted molar refractivity (Wildman–Crippen MR) is 82.7 cm³/mol. The Bertz CT molecular complexity index is 685. The zero-order chi connectivity index (χ0) is 16.7. The zero-order valence-corrected chi connectivity index (χ0v) is 12.7. The van der Waals surface area contributed by atoms with Crippen LogP contribution in [0.15, 0.2) is 42.6 Å². The highest BCUT2D eigenvalue weighted by atomic mass is 16.5. The number of rotatable bonds is 6. The first kappa shape index (κ1) is 16.3. The summed E-state index contributed by atoms with van der Waals surface area (Å²) < 4.78 is 15.1. The molecule has 0 spiro atoms. The van der Waals surface area contributed by atoms with E-state index in [2.05, 4.69) is 15.0 Å². The Morgan fingerprint density at radius 3 is 2.43 bits per heavy atom. The molecule has 0 atom stereocenters. The number of benzene rings is 1. The number of aromatic nitrogens is 1. The van der Waals surface area contributed by atoms with E-state index in [1.807, 2.05) is 0 Å². The molecular formula is C16H16N2O5. The highest BCUT2D eigenvalue weighted by Crippen LogP contribution is 2.25. The fourth-order valence-corrected chi connectivity index (χ4v) is 1.77. The standard InChI is InChI=1S/C16H16N2O5/c1-21-12-5-3-4-6-13(12)23-10-15(19)18-14-8-7-11(9-17-14)16(20)22-2/h3-9H,10H2,1-2H3,(H,17,18,19). The van der Waals surface area contributed by atoms with Crippen LogP contribution in [0.1, 0.15) is 10.4 Å². The van der Waals surface area contributed by atoms with Crippen molar-refractivity contribution >= 4 is 17.7 Å². The van der Waals surface area contributed by atoms with Gasteiger partial charge in [-0.3, -0.25) is 4.79 Å². The van der Waals surface area contributed by atoms with Crippen molar-refractivity contribution in [1.82, 2.24) is 4.98 Å². The molecule has 23 heavy (non-hydrogen) atoms. The quantitative estimate of drug-likeness (QED) is 0.819. The van der Waals surface area contributed by atoms with E-state index >= 15 is 0 Å². The van der Waals surface area contributed by atoms with Crippen molar-refractivity contribution in [3.8, 4) is 11.5 Å². The Morgan fingerprint density at radius 2 is 1.83 bits per heavy atom. The summed E-state index contributed by atoms with van der Waals surface area (Å²) in [7, 11) is 2.81. The predicted octanol–water partition coefficient (Wildman–Crippen LogP) is 1.89. The molecule has 120 valence electrons. The van der Waals surface area contributed by atoms with Crippen LogP contribution in [0.3, 0.4) is 0 Å². The Labute approximate surface area is 133 Å². The monoisotopic (exact) mass is 316 g/mol. The third-order valence-corrected chi connectivity index (χ3v) is 2.88. The number of pyridine rings is 1. The van der Waals surface area contributed by atoms with Crippen molar-refractivity contribution in [3.63, 3.8) is 0 Å². The lowest BCUT2D eigenvalue weighted by atomic mass is 10.3. The van der Waals surface area contributed by atoms with Gasteiger partial charge in [-0.05, 0) is 24.3 Å². The molecular weight excluding hydrogens is 300 g/mol. The Kier molecular flexibility index (Phi) is 5.51. The fourth-order valence-electron chi connectivity index (χ4n) is 1.77. The van der Waals surface area contributed by atoms with Crippen molar-refractivity contribution in [2.24, 2.45) is 0 Å². The molecule has 1 N–H and O–H groups in total. The van der Waals surface area contributed by atoms with Gasteiger partial charge >= 0.3 is 5.97 Å². The first-order chi connectivity index (χ1) is 11.1. The van der Waals surface area contributed by atoms with Crippen LogP contribution < -0.4 is 14.8 Å². The summed E-state index contributed by atoms with van der Waals surface area (Å²) in [6.45, 7) is -0.194. The number of hydrogen-bond donors (Lipinski definition) is 1.